The van der Waals surface area contributed by atoms with Crippen molar-refractivity contribution < 1.29 is 13.9 Å². The Morgan fingerprint density at radius 1 is 1.10 bits per heavy atom. The molecular formula is C24H22BrNO3. The third kappa shape index (κ3) is 4.58. The van der Waals surface area contributed by atoms with Crippen molar-refractivity contribution in [1.82, 2.24) is 0 Å². The number of furan rings is 1. The number of rotatable bonds is 5. The molecule has 0 saturated heterocycles. The Bertz CT molecular complexity index is 1130. The molecule has 0 saturated carbocycles. The minimum Gasteiger partial charge on any atom is -0.497 e. The van der Waals surface area contributed by atoms with E-state index in [0.717, 1.165) is 26.9 Å². The molecule has 1 heterocycles. The molecule has 3 rings (SSSR count). The number of hydrogen-bond acceptors (Lipinski definition) is 4. The Kier molecular flexibility index (Phi) is 6.21. The third-order valence-corrected chi connectivity index (χ3v) is 5.10. The molecule has 0 unspecified atom stereocenters. The Hall–Kier alpha value is -2.88. The number of hydrogen-bond donors (Lipinski definition) is 0. The second kappa shape index (κ2) is 8.64. The molecule has 3 aromatic rings. The van der Waals surface area contributed by atoms with Gasteiger partial charge >= 0.3 is 0 Å². The molecule has 2 aromatic carbocycles. The molecule has 0 amide bonds. The number of carbonyl (C=O) groups is 1. The van der Waals surface area contributed by atoms with Crippen LogP contribution in [0.2, 0.25) is 0 Å². The van der Waals surface area contributed by atoms with Crippen LogP contribution in [0.25, 0.3) is 5.57 Å². The van der Waals surface area contributed by atoms with E-state index in [1.807, 2.05) is 50.2 Å². The van der Waals surface area contributed by atoms with E-state index >= 15 is 0 Å². The van der Waals surface area contributed by atoms with Gasteiger partial charge in [-0.1, -0.05) is 28.1 Å². The fraction of sp³-hybridized carbons (Fsp3) is 0.208. The second-order valence-electron chi connectivity index (χ2n) is 6.86. The van der Waals surface area contributed by atoms with Gasteiger partial charge in [0, 0.05) is 4.47 Å². The van der Waals surface area contributed by atoms with Gasteiger partial charge in [0.05, 0.1) is 23.9 Å². The van der Waals surface area contributed by atoms with Crippen LogP contribution in [0.1, 0.15) is 45.5 Å². The van der Waals surface area contributed by atoms with Gasteiger partial charge in [-0.05, 0) is 80.6 Å². The van der Waals surface area contributed by atoms with Crippen molar-refractivity contribution in [3.63, 3.8) is 0 Å². The summed E-state index contributed by atoms with van der Waals surface area (Å²) in [6.07, 6.45) is 0. The fourth-order valence-corrected chi connectivity index (χ4v) is 3.87. The number of Topliss-reactive ketones (excluding diaryl/α,β-unsaturated/α-hetero) is 1. The van der Waals surface area contributed by atoms with Crippen molar-refractivity contribution in [2.45, 2.75) is 27.7 Å². The van der Waals surface area contributed by atoms with Gasteiger partial charge in [0.1, 0.15) is 17.3 Å². The Morgan fingerprint density at radius 3 is 2.38 bits per heavy atom. The van der Waals surface area contributed by atoms with Crippen molar-refractivity contribution in [3.8, 4) is 5.75 Å². The number of aliphatic imine (C=N–C) groups is 1. The summed E-state index contributed by atoms with van der Waals surface area (Å²) in [5, 5.41) is 0. The first-order valence-electron chi connectivity index (χ1n) is 9.16. The van der Waals surface area contributed by atoms with Gasteiger partial charge in [-0.25, -0.2) is 4.99 Å². The number of ether oxygens (including phenoxy) is 1. The van der Waals surface area contributed by atoms with Crippen LogP contribution in [-0.4, -0.2) is 18.8 Å². The maximum atomic E-state index is 11.9. The van der Waals surface area contributed by atoms with Gasteiger partial charge in [0.2, 0.25) is 0 Å². The number of carbonyl (C=O) groups excluding carboxylic acids is 1. The highest BCUT2D eigenvalue weighted by Gasteiger charge is 2.16. The van der Waals surface area contributed by atoms with Gasteiger partial charge in [-0.2, -0.15) is 0 Å². The number of benzene rings is 2. The lowest BCUT2D eigenvalue weighted by atomic mass is 10.0. The minimum absolute atomic E-state index is 0.0426. The van der Waals surface area contributed by atoms with E-state index in [1.54, 1.807) is 20.1 Å². The first kappa shape index (κ1) is 20.8. The molecule has 148 valence electrons. The predicted octanol–water partition coefficient (Wildman–Crippen LogP) is 6.61. The van der Waals surface area contributed by atoms with Gasteiger partial charge in [0.15, 0.2) is 5.78 Å². The molecule has 0 aliphatic carbocycles. The van der Waals surface area contributed by atoms with E-state index in [4.69, 9.17) is 9.15 Å². The zero-order chi connectivity index (χ0) is 21.1. The average Bonchev–Trinajstić information content (AvgIpc) is 3.05. The summed E-state index contributed by atoms with van der Waals surface area (Å²) in [6, 6.07) is 13.4. The van der Waals surface area contributed by atoms with Crippen molar-refractivity contribution in [3.05, 3.63) is 80.7 Å². The molecule has 0 fully saturated rings. The average molecular weight is 452 g/mol. The number of nitrogens with zero attached hydrogens (tertiary/aromatic N) is 1. The number of aryl methyl sites for hydroxylation is 3. The smallest absolute Gasteiger partial charge is 0.163 e. The fourth-order valence-electron chi connectivity index (χ4n) is 3.19. The molecule has 0 bridgehead atoms. The molecule has 0 aliphatic heterocycles. The van der Waals surface area contributed by atoms with Crippen LogP contribution in [0, 0.1) is 20.8 Å². The van der Waals surface area contributed by atoms with E-state index in [-0.39, 0.29) is 5.78 Å². The highest BCUT2D eigenvalue weighted by Crippen LogP contribution is 2.30. The van der Waals surface area contributed by atoms with Crippen molar-refractivity contribution in [2.75, 3.05) is 7.11 Å². The van der Waals surface area contributed by atoms with Gasteiger partial charge in [-0.15, -0.1) is 0 Å². The Labute approximate surface area is 179 Å². The standard InChI is InChI=1S/C24H22BrNO3/c1-14-9-19(25)10-15(2)24(14)26-13-22(18-7-6-8-20(11-18)28-5)23-12-21(16(3)27)17(4)29-23/h6-12H,1-5H3. The summed E-state index contributed by atoms with van der Waals surface area (Å²) in [6.45, 7) is 7.32. The quantitative estimate of drug-likeness (QED) is 0.323. The predicted molar refractivity (Wildman–Crippen MR) is 120 cm³/mol. The molecule has 4 nitrogen and oxygen atoms in total. The maximum Gasteiger partial charge on any atom is 0.163 e. The van der Waals surface area contributed by atoms with Crippen LogP contribution in [-0.2, 0) is 0 Å². The van der Waals surface area contributed by atoms with E-state index in [2.05, 4.69) is 26.8 Å². The van der Waals surface area contributed by atoms with E-state index in [9.17, 15) is 4.79 Å². The van der Waals surface area contributed by atoms with E-state index in [1.165, 1.54) is 6.92 Å². The first-order chi connectivity index (χ1) is 13.8. The zero-order valence-electron chi connectivity index (χ0n) is 17.1. The van der Waals surface area contributed by atoms with Crippen LogP contribution in [0.15, 0.2) is 56.3 Å². The van der Waals surface area contributed by atoms with Crippen LogP contribution in [0.5, 0.6) is 5.75 Å². The molecule has 5 heteroatoms. The molecule has 0 aliphatic rings. The molecule has 0 radical (unpaired) electrons. The summed E-state index contributed by atoms with van der Waals surface area (Å²) in [7, 11) is 1.62. The van der Waals surface area contributed by atoms with Crippen molar-refractivity contribution in [2.24, 2.45) is 4.99 Å². The summed E-state index contributed by atoms with van der Waals surface area (Å²) in [4.78, 5) is 16.5. The Morgan fingerprint density at radius 2 is 1.79 bits per heavy atom. The monoisotopic (exact) mass is 451 g/mol. The maximum absolute atomic E-state index is 11.9. The summed E-state index contributed by atoms with van der Waals surface area (Å²) in [5.41, 5.74) is 4.97. The van der Waals surface area contributed by atoms with E-state index < -0.39 is 0 Å². The van der Waals surface area contributed by atoms with Crippen LogP contribution in [0.4, 0.5) is 5.69 Å². The highest BCUT2D eigenvalue weighted by atomic mass is 79.9. The minimum atomic E-state index is -0.0426. The Balaban J connectivity index is 2.24. The number of ketones is 1. The van der Waals surface area contributed by atoms with Crippen molar-refractivity contribution in [1.29, 1.82) is 0 Å². The molecule has 0 atom stereocenters. The lowest BCUT2D eigenvalue weighted by molar-refractivity contribution is 0.101. The molecule has 0 spiro atoms. The highest BCUT2D eigenvalue weighted by molar-refractivity contribution is 9.10. The van der Waals surface area contributed by atoms with Crippen molar-refractivity contribution >= 4 is 38.8 Å². The summed E-state index contributed by atoms with van der Waals surface area (Å²) >= 11 is 3.51. The van der Waals surface area contributed by atoms with Gasteiger partial charge in [0.25, 0.3) is 0 Å². The lowest BCUT2D eigenvalue weighted by Crippen LogP contribution is -1.91. The molecular weight excluding hydrogens is 430 g/mol. The zero-order valence-corrected chi connectivity index (χ0v) is 18.7. The summed E-state index contributed by atoms with van der Waals surface area (Å²) < 4.78 is 12.3. The van der Waals surface area contributed by atoms with Gasteiger partial charge in [-0.3, -0.25) is 4.79 Å². The van der Waals surface area contributed by atoms with Crippen LogP contribution in [0.3, 0.4) is 0 Å². The first-order valence-corrected chi connectivity index (χ1v) is 9.96. The number of methoxy groups -OCH3 is 1. The third-order valence-electron chi connectivity index (χ3n) is 4.64. The largest absolute Gasteiger partial charge is 0.497 e. The number of halogens is 1. The lowest BCUT2D eigenvalue weighted by Gasteiger charge is -2.06. The molecule has 0 N–H and O–H groups in total. The second-order valence-corrected chi connectivity index (χ2v) is 7.77. The molecule has 1 aromatic heterocycles. The molecule has 29 heavy (non-hydrogen) atoms. The SMILES string of the molecule is COc1cccc(C(=C=Nc2c(C)cc(Br)cc2C)c2cc(C(C)=O)c(C)o2)c1. The van der Waals surface area contributed by atoms with Crippen LogP contribution >= 0.6 is 15.9 Å². The summed E-state index contributed by atoms with van der Waals surface area (Å²) in [5.74, 6) is 4.95. The van der Waals surface area contributed by atoms with E-state index in [0.29, 0.717) is 28.4 Å². The van der Waals surface area contributed by atoms with Gasteiger partial charge < -0.3 is 9.15 Å². The van der Waals surface area contributed by atoms with Crippen LogP contribution < -0.4 is 4.74 Å². The topological polar surface area (TPSA) is 51.8 Å². The normalized spacial score (nSPS) is 10.4.